The van der Waals surface area contributed by atoms with Crippen molar-refractivity contribution in [1.29, 1.82) is 0 Å². The number of carbonyl (C=O) groups is 4. The van der Waals surface area contributed by atoms with Gasteiger partial charge in [0.05, 0.1) is 49.7 Å². The van der Waals surface area contributed by atoms with Crippen LogP contribution in [0.25, 0.3) is 0 Å². The number of carboxylic acid groups (broad SMARTS) is 1. The summed E-state index contributed by atoms with van der Waals surface area (Å²) in [6.45, 7) is 16.4. The van der Waals surface area contributed by atoms with Gasteiger partial charge in [0.2, 0.25) is 0 Å². The molecular weight excluding hydrogens is 1160 g/mol. The Labute approximate surface area is 503 Å². The molecular formula is C59H92O28. The van der Waals surface area contributed by atoms with Crippen molar-refractivity contribution in [2.45, 2.75) is 262 Å². The summed E-state index contributed by atoms with van der Waals surface area (Å²) in [5, 5.41) is 146. The highest BCUT2D eigenvalue weighted by Crippen LogP contribution is 2.76. The first-order valence-electron chi connectivity index (χ1n) is 30.2. The third-order valence-electron chi connectivity index (χ3n) is 22.3. The van der Waals surface area contributed by atoms with Crippen LogP contribution < -0.4 is 0 Å². The van der Waals surface area contributed by atoms with E-state index < -0.39 is 229 Å². The number of carboxylic acids is 1. The van der Waals surface area contributed by atoms with Gasteiger partial charge in [0.15, 0.2) is 43.5 Å². The van der Waals surface area contributed by atoms with Crippen LogP contribution in [0, 0.1) is 50.2 Å². The summed E-state index contributed by atoms with van der Waals surface area (Å²) in [5.74, 6) is -5.16. The number of fused-ring (bicyclic) bond motifs is 7. The van der Waals surface area contributed by atoms with Crippen LogP contribution in [0.15, 0.2) is 11.6 Å². The normalized spacial score (nSPS) is 50.9. The fourth-order valence-corrected chi connectivity index (χ4v) is 17.7. The molecule has 0 aromatic rings. The zero-order valence-corrected chi connectivity index (χ0v) is 51.0. The third-order valence-corrected chi connectivity index (χ3v) is 22.3. The SMILES string of the molecule is CC(=O)O[C@@H]1[C@@H](OC(C)=O)[C@@H](O)[C@H](O[C@H]2[C@@H](OC(C)=O)[C@@]3(CO)C(CC2(C)C)C2=CCC4[C@@]5(C)CC[C@H](O[C@H]6O[C@H](C(=O)O)[C@@H](O)[C@H](O[C@H]7O[C@H](CO)[C@@H](O)[C@@H]7O)[C@H]6O[C@@H]6O[C@H](CO)[C@H](O)[C@H](O)[C@H]6O)C(C)(C)C5CC[C@@]4(C)[C@]2(C)[C@H](O)[C@@H]3O)O[C@H]1C. The van der Waals surface area contributed by atoms with Crippen molar-refractivity contribution in [3.63, 3.8) is 0 Å². The third kappa shape index (κ3) is 11.1. The number of aliphatic hydroxyl groups is 12. The van der Waals surface area contributed by atoms with E-state index >= 15 is 0 Å². The van der Waals surface area contributed by atoms with Crippen LogP contribution in [0.5, 0.6) is 0 Å². The first-order valence-corrected chi connectivity index (χ1v) is 30.2. The average Bonchev–Trinajstić information content (AvgIpc) is 0.879. The molecule has 4 heterocycles. The Bertz CT molecular complexity index is 2550. The topological polar surface area (TPSA) is 433 Å². The van der Waals surface area contributed by atoms with Crippen LogP contribution in [0.1, 0.15) is 115 Å². The maximum Gasteiger partial charge on any atom is 0.335 e. The number of hydrogen-bond acceptors (Lipinski definition) is 27. The lowest BCUT2D eigenvalue weighted by Gasteiger charge is -2.73. The molecule has 4 saturated heterocycles. The molecule has 87 heavy (non-hydrogen) atoms. The summed E-state index contributed by atoms with van der Waals surface area (Å²) in [6.07, 6.45) is -35.3. The van der Waals surface area contributed by atoms with Crippen molar-refractivity contribution in [3.8, 4) is 0 Å². The molecule has 0 radical (unpaired) electrons. The van der Waals surface area contributed by atoms with Gasteiger partial charge in [0, 0.05) is 26.2 Å². The minimum absolute atomic E-state index is 0.186. The fraction of sp³-hybridized carbons (Fsp3) is 0.898. The number of allylic oxidation sites excluding steroid dienone is 1. The lowest BCUT2D eigenvalue weighted by molar-refractivity contribution is -0.386. The molecule has 31 atom stereocenters. The van der Waals surface area contributed by atoms with E-state index in [2.05, 4.69) is 19.9 Å². The van der Waals surface area contributed by atoms with Crippen LogP contribution >= 0.6 is 0 Å². The van der Waals surface area contributed by atoms with Gasteiger partial charge in [-0.1, -0.05) is 60.1 Å². The van der Waals surface area contributed by atoms with Gasteiger partial charge in [-0.15, -0.1) is 0 Å². The second-order valence-corrected chi connectivity index (χ2v) is 27.8. The molecule has 0 amide bonds. The molecule has 0 aromatic heterocycles. The van der Waals surface area contributed by atoms with Crippen LogP contribution in [0.4, 0.5) is 0 Å². The Morgan fingerprint density at radius 2 is 1.11 bits per heavy atom. The van der Waals surface area contributed by atoms with Crippen LogP contribution in [0.3, 0.4) is 0 Å². The van der Waals surface area contributed by atoms with Crippen molar-refractivity contribution in [2.75, 3.05) is 19.8 Å². The van der Waals surface area contributed by atoms with Crippen molar-refractivity contribution in [3.05, 3.63) is 11.6 Å². The van der Waals surface area contributed by atoms with E-state index in [1.807, 2.05) is 34.6 Å². The molecule has 0 aromatic carbocycles. The van der Waals surface area contributed by atoms with Gasteiger partial charge in [-0.25, -0.2) is 4.79 Å². The zero-order chi connectivity index (χ0) is 64.3. The number of rotatable bonds is 15. The van der Waals surface area contributed by atoms with Gasteiger partial charge in [0.25, 0.3) is 0 Å². The molecule has 13 N–H and O–H groups in total. The lowest BCUT2D eigenvalue weighted by atomic mass is 9.32. The Balaban J connectivity index is 1.03. The van der Waals surface area contributed by atoms with E-state index in [9.17, 15) is 85.6 Å². The fourth-order valence-electron chi connectivity index (χ4n) is 17.7. The van der Waals surface area contributed by atoms with Crippen molar-refractivity contribution < 1.29 is 138 Å². The van der Waals surface area contributed by atoms with Crippen LogP contribution in [-0.2, 0) is 71.3 Å². The largest absolute Gasteiger partial charge is 0.479 e. The summed E-state index contributed by atoms with van der Waals surface area (Å²) < 4.78 is 66.4. The summed E-state index contributed by atoms with van der Waals surface area (Å²) in [4.78, 5) is 50.8. The number of aliphatic hydroxyl groups excluding tert-OH is 12. The maximum atomic E-state index is 13.3. The highest BCUT2D eigenvalue weighted by Gasteiger charge is 2.76. The van der Waals surface area contributed by atoms with E-state index in [1.54, 1.807) is 0 Å². The minimum Gasteiger partial charge on any atom is -0.479 e. The molecule has 5 aliphatic carbocycles. The van der Waals surface area contributed by atoms with Gasteiger partial charge < -0.3 is 118 Å². The van der Waals surface area contributed by atoms with Gasteiger partial charge in [-0.2, -0.15) is 0 Å². The zero-order valence-electron chi connectivity index (χ0n) is 51.0. The Kier molecular flexibility index (Phi) is 19.4. The monoisotopic (exact) mass is 1250 g/mol. The molecule has 3 unspecified atom stereocenters. The number of carbonyl (C=O) groups excluding carboxylic acids is 3. The molecule has 28 heteroatoms. The number of hydrogen-bond donors (Lipinski definition) is 13. The summed E-state index contributed by atoms with van der Waals surface area (Å²) in [6, 6.07) is 0. The molecule has 8 fully saturated rings. The van der Waals surface area contributed by atoms with E-state index in [-0.39, 0.29) is 24.7 Å². The van der Waals surface area contributed by atoms with Crippen LogP contribution in [0.2, 0.25) is 0 Å². The van der Waals surface area contributed by atoms with E-state index in [1.165, 1.54) is 6.92 Å². The summed E-state index contributed by atoms with van der Waals surface area (Å²) in [7, 11) is 0. The smallest absolute Gasteiger partial charge is 0.335 e. The van der Waals surface area contributed by atoms with Crippen molar-refractivity contribution in [2.24, 2.45) is 50.2 Å². The van der Waals surface area contributed by atoms with Gasteiger partial charge in [0.1, 0.15) is 79.4 Å². The Hall–Kier alpha value is -3.18. The molecule has 9 aliphatic rings. The average molecular weight is 1250 g/mol. The molecule has 4 saturated carbocycles. The Morgan fingerprint density at radius 1 is 0.563 bits per heavy atom. The molecule has 496 valence electrons. The number of aliphatic carboxylic acids is 1. The van der Waals surface area contributed by atoms with Gasteiger partial charge >= 0.3 is 23.9 Å². The lowest BCUT2D eigenvalue weighted by Crippen LogP contribution is -2.77. The summed E-state index contributed by atoms with van der Waals surface area (Å²) >= 11 is 0. The highest BCUT2D eigenvalue weighted by atomic mass is 16.8. The molecule has 0 bridgehead atoms. The Morgan fingerprint density at radius 3 is 1.68 bits per heavy atom. The molecule has 0 spiro atoms. The van der Waals surface area contributed by atoms with E-state index in [0.717, 1.165) is 26.3 Å². The van der Waals surface area contributed by atoms with Crippen LogP contribution in [-0.4, -0.2) is 257 Å². The second-order valence-electron chi connectivity index (χ2n) is 27.8. The van der Waals surface area contributed by atoms with Gasteiger partial charge in [-0.3, -0.25) is 14.4 Å². The van der Waals surface area contributed by atoms with E-state index in [0.29, 0.717) is 25.7 Å². The standard InChI is InChI=1S/C59H92O28/c1-22-40(78-23(2)63)42(79-24(3)64)39(72)52(77-22)87-47-48(80-25(4)65)59(21-62)27(18-54(47,5)6)26-12-13-31-56(9)16-15-32(55(7,8)30(56)14-17-57(31,10)58(26,11)45(73)46(59)74)83-53-44(86-51-37(70)35(68)33(66)28(19-60)81-51)41(38(71)43(85-53)49(75)76)84-50-36(69)34(67)29(20-61)82-50/h12,22,27-48,50-53,60-62,66-74H,13-21H2,1-11H3,(H,75,76)/t22-,27?,28+,29+,30?,31?,32-,33-,34+,35-,36-,37+,38-,39+,40-,41-,42-,43-,44+,45+,46-,47-,48+,50+,51-,52-,53-,56-,57+,58-,59-/m0/s1. The summed E-state index contributed by atoms with van der Waals surface area (Å²) in [5.41, 5.74) is -5.49. The molecule has 4 aliphatic heterocycles. The highest BCUT2D eigenvalue weighted by molar-refractivity contribution is 5.73. The van der Waals surface area contributed by atoms with Crippen molar-refractivity contribution in [1.82, 2.24) is 0 Å². The van der Waals surface area contributed by atoms with Crippen molar-refractivity contribution >= 4 is 23.9 Å². The first kappa shape index (κ1) is 68.2. The molecule has 9 rings (SSSR count). The number of esters is 3. The maximum absolute atomic E-state index is 13.3. The quantitative estimate of drug-likeness (QED) is 0.0358. The minimum atomic E-state index is -2.15. The number of ether oxygens (including phenoxy) is 11. The molecule has 28 nitrogen and oxygen atoms in total. The van der Waals surface area contributed by atoms with Gasteiger partial charge in [-0.05, 0) is 84.9 Å². The second kappa shape index (κ2) is 24.7. The first-order chi connectivity index (χ1) is 40.5. The predicted molar refractivity (Wildman–Crippen MR) is 290 cm³/mol. The van der Waals surface area contributed by atoms with E-state index in [4.69, 9.17) is 52.1 Å². The predicted octanol–water partition coefficient (Wildman–Crippen LogP) is -2.21.